The first kappa shape index (κ1) is 30.3. The molecule has 13 heteroatoms. The van der Waals surface area contributed by atoms with Crippen molar-refractivity contribution in [3.63, 3.8) is 0 Å². The van der Waals surface area contributed by atoms with E-state index in [1.54, 1.807) is 6.92 Å². The summed E-state index contributed by atoms with van der Waals surface area (Å²) in [6.07, 6.45) is -7.10. The molecule has 0 amide bonds. The number of rotatable bonds is 9. The standard InChI is InChI=1S/C25H38O13/c1-6-11(2)22(31)38-23-18-15(7-17(29)25(18,5)32)14(9-33-23)10-34-24-21(36-13(4)28)20(35-12(3)27)19(30)16(8-26)37-24/h9,11,15-21,23-24,26,29-30,32H,6-8,10H2,1-5H3/t11?,15?,16-,17+,18?,19-,20+,21-,23?,24-,25-/m1/s1. The van der Waals surface area contributed by atoms with Gasteiger partial charge in [0.1, 0.15) is 12.2 Å². The third-order valence-electron chi connectivity index (χ3n) is 7.45. The topological polar surface area (TPSA) is 188 Å². The van der Waals surface area contributed by atoms with E-state index in [0.29, 0.717) is 12.0 Å². The SMILES string of the molecule is CCC(C)C(=O)OC1OC=C(CO[C@@H]2O[C@H](CO)[C@@H](O)[C@H](OC(C)=O)[C@H]2OC(C)=O)C2C[C@H](O)[C@@](C)(O)C12. The third-order valence-corrected chi connectivity index (χ3v) is 7.45. The number of ether oxygens (including phenoxy) is 6. The first-order chi connectivity index (χ1) is 17.8. The van der Waals surface area contributed by atoms with Crippen molar-refractivity contribution in [1.82, 2.24) is 0 Å². The minimum atomic E-state index is -1.64. The Balaban J connectivity index is 1.82. The van der Waals surface area contributed by atoms with Gasteiger partial charge in [-0.15, -0.1) is 0 Å². The molecule has 4 N–H and O–H groups in total. The highest BCUT2D eigenvalue weighted by molar-refractivity contribution is 5.72. The van der Waals surface area contributed by atoms with E-state index in [1.165, 1.54) is 13.2 Å². The van der Waals surface area contributed by atoms with Gasteiger partial charge in [-0.1, -0.05) is 13.8 Å². The zero-order chi connectivity index (χ0) is 28.4. The molecule has 3 aliphatic rings. The molecule has 4 unspecified atom stereocenters. The van der Waals surface area contributed by atoms with Crippen LogP contribution in [-0.4, -0.2) is 100 Å². The van der Waals surface area contributed by atoms with E-state index in [-0.39, 0.29) is 18.9 Å². The van der Waals surface area contributed by atoms with Gasteiger partial charge in [0.2, 0.25) is 6.29 Å². The summed E-state index contributed by atoms with van der Waals surface area (Å²) in [5.74, 6) is -3.71. The molecule has 1 saturated heterocycles. The highest BCUT2D eigenvalue weighted by atomic mass is 16.7. The molecular formula is C25H38O13. The van der Waals surface area contributed by atoms with Crippen LogP contribution in [-0.2, 0) is 42.8 Å². The minimum Gasteiger partial charge on any atom is -0.462 e. The van der Waals surface area contributed by atoms with Crippen molar-refractivity contribution >= 4 is 17.9 Å². The normalized spacial score (nSPS) is 39.3. The van der Waals surface area contributed by atoms with Crippen molar-refractivity contribution in [3.05, 3.63) is 11.8 Å². The van der Waals surface area contributed by atoms with Crippen molar-refractivity contribution < 1.29 is 63.2 Å². The number of fused-ring (bicyclic) bond motifs is 1. The van der Waals surface area contributed by atoms with E-state index in [2.05, 4.69) is 0 Å². The summed E-state index contributed by atoms with van der Waals surface area (Å²) in [7, 11) is 0. The molecule has 2 heterocycles. The van der Waals surface area contributed by atoms with Crippen LogP contribution in [0, 0.1) is 17.8 Å². The lowest BCUT2D eigenvalue weighted by molar-refractivity contribution is -0.304. The van der Waals surface area contributed by atoms with Gasteiger partial charge in [-0.25, -0.2) is 0 Å². The van der Waals surface area contributed by atoms with Crippen LogP contribution in [0.3, 0.4) is 0 Å². The average Bonchev–Trinajstić information content (AvgIpc) is 3.09. The third kappa shape index (κ3) is 6.29. The molecule has 2 aliphatic heterocycles. The molecule has 2 fully saturated rings. The number of carbonyl (C=O) groups is 3. The van der Waals surface area contributed by atoms with E-state index >= 15 is 0 Å². The highest BCUT2D eigenvalue weighted by Gasteiger charge is 2.59. The average molecular weight is 547 g/mol. The van der Waals surface area contributed by atoms with Crippen LogP contribution >= 0.6 is 0 Å². The summed E-state index contributed by atoms with van der Waals surface area (Å²) in [6, 6.07) is 0. The molecule has 216 valence electrons. The Morgan fingerprint density at radius 2 is 1.74 bits per heavy atom. The van der Waals surface area contributed by atoms with Crippen LogP contribution in [0.5, 0.6) is 0 Å². The lowest BCUT2D eigenvalue weighted by Crippen LogP contribution is -2.61. The Morgan fingerprint density at radius 1 is 1.11 bits per heavy atom. The van der Waals surface area contributed by atoms with Gasteiger partial charge in [-0.05, 0) is 25.3 Å². The molecule has 3 rings (SSSR count). The zero-order valence-electron chi connectivity index (χ0n) is 22.1. The van der Waals surface area contributed by atoms with E-state index in [4.69, 9.17) is 28.4 Å². The number of esters is 3. The fraction of sp³-hybridized carbons (Fsp3) is 0.800. The first-order valence-electron chi connectivity index (χ1n) is 12.7. The van der Waals surface area contributed by atoms with E-state index < -0.39 is 85.1 Å². The van der Waals surface area contributed by atoms with Gasteiger partial charge in [0.05, 0.1) is 43.0 Å². The van der Waals surface area contributed by atoms with Crippen LogP contribution in [0.2, 0.25) is 0 Å². The smallest absolute Gasteiger partial charge is 0.311 e. The van der Waals surface area contributed by atoms with Crippen molar-refractivity contribution in [3.8, 4) is 0 Å². The molecule has 0 spiro atoms. The molecule has 1 aliphatic carbocycles. The fourth-order valence-electron chi connectivity index (χ4n) is 5.07. The Kier molecular flexibility index (Phi) is 9.76. The predicted octanol–water partition coefficient (Wildman–Crippen LogP) is -0.478. The van der Waals surface area contributed by atoms with E-state index in [9.17, 15) is 34.8 Å². The van der Waals surface area contributed by atoms with Gasteiger partial charge in [0.25, 0.3) is 0 Å². The monoisotopic (exact) mass is 546 g/mol. The quantitative estimate of drug-likeness (QED) is 0.215. The Hall–Kier alpha value is -2.29. The van der Waals surface area contributed by atoms with Crippen LogP contribution in [0.1, 0.15) is 47.5 Å². The Labute approximate surface area is 220 Å². The first-order valence-corrected chi connectivity index (χ1v) is 12.7. The Bertz CT molecular complexity index is 902. The largest absolute Gasteiger partial charge is 0.462 e. The molecule has 13 nitrogen and oxygen atoms in total. The van der Waals surface area contributed by atoms with Gasteiger partial charge >= 0.3 is 17.9 Å². The molecule has 38 heavy (non-hydrogen) atoms. The maximum Gasteiger partial charge on any atom is 0.311 e. The van der Waals surface area contributed by atoms with Gasteiger partial charge in [-0.2, -0.15) is 0 Å². The summed E-state index contributed by atoms with van der Waals surface area (Å²) < 4.78 is 33.1. The van der Waals surface area contributed by atoms with Crippen molar-refractivity contribution in [2.24, 2.45) is 17.8 Å². The zero-order valence-corrected chi connectivity index (χ0v) is 22.1. The van der Waals surface area contributed by atoms with Gasteiger partial charge in [-0.3, -0.25) is 14.4 Å². The molecule has 0 aromatic heterocycles. The number of aliphatic hydroxyl groups excluding tert-OH is 3. The molecule has 0 aromatic rings. The number of hydrogen-bond donors (Lipinski definition) is 4. The predicted molar refractivity (Wildman–Crippen MR) is 126 cm³/mol. The van der Waals surface area contributed by atoms with Gasteiger partial charge < -0.3 is 48.8 Å². The fourth-order valence-corrected chi connectivity index (χ4v) is 5.07. The second-order valence-electron chi connectivity index (χ2n) is 10.2. The summed E-state index contributed by atoms with van der Waals surface area (Å²) in [6.45, 7) is 6.38. The van der Waals surface area contributed by atoms with Crippen molar-refractivity contribution in [1.29, 1.82) is 0 Å². The number of carbonyl (C=O) groups excluding carboxylic acids is 3. The lowest BCUT2D eigenvalue weighted by Gasteiger charge is -2.43. The van der Waals surface area contributed by atoms with Crippen LogP contribution in [0.4, 0.5) is 0 Å². The molecule has 0 aromatic carbocycles. The van der Waals surface area contributed by atoms with E-state index in [0.717, 1.165) is 13.8 Å². The second kappa shape index (κ2) is 12.3. The van der Waals surface area contributed by atoms with Gasteiger partial charge in [0.15, 0.2) is 18.5 Å². The maximum absolute atomic E-state index is 12.4. The van der Waals surface area contributed by atoms with Crippen LogP contribution in [0.15, 0.2) is 11.8 Å². The summed E-state index contributed by atoms with van der Waals surface area (Å²) in [4.78, 5) is 35.9. The Morgan fingerprint density at radius 3 is 2.32 bits per heavy atom. The van der Waals surface area contributed by atoms with Crippen molar-refractivity contribution in [2.75, 3.05) is 13.2 Å². The molecular weight excluding hydrogens is 508 g/mol. The van der Waals surface area contributed by atoms with Crippen molar-refractivity contribution in [2.45, 2.75) is 96.2 Å². The molecule has 11 atom stereocenters. The second-order valence-corrected chi connectivity index (χ2v) is 10.2. The number of hydrogen-bond acceptors (Lipinski definition) is 13. The maximum atomic E-state index is 12.4. The summed E-state index contributed by atoms with van der Waals surface area (Å²) in [5.41, 5.74) is -1.15. The van der Waals surface area contributed by atoms with Crippen LogP contribution in [0.25, 0.3) is 0 Å². The lowest BCUT2D eigenvalue weighted by atomic mass is 9.81. The summed E-state index contributed by atoms with van der Waals surface area (Å²) >= 11 is 0. The minimum absolute atomic E-state index is 0.126. The molecule has 0 radical (unpaired) electrons. The number of aliphatic hydroxyl groups is 4. The summed E-state index contributed by atoms with van der Waals surface area (Å²) in [5, 5.41) is 41.8. The van der Waals surface area contributed by atoms with Crippen LogP contribution < -0.4 is 0 Å². The van der Waals surface area contributed by atoms with Gasteiger partial charge in [0, 0.05) is 19.8 Å². The van der Waals surface area contributed by atoms with E-state index in [1.807, 2.05) is 6.92 Å². The molecule has 1 saturated carbocycles. The highest BCUT2D eigenvalue weighted by Crippen LogP contribution is 2.49. The molecule has 0 bridgehead atoms.